The van der Waals surface area contributed by atoms with Crippen LogP contribution < -0.4 is 15.8 Å². The maximum absolute atomic E-state index is 11.7. The van der Waals surface area contributed by atoms with Gasteiger partial charge in [-0.2, -0.15) is 13.2 Å². The van der Waals surface area contributed by atoms with Gasteiger partial charge in [-0.15, -0.1) is 0 Å². The number of carbonyl (C=O) groups is 1. The lowest BCUT2D eigenvalue weighted by atomic mass is 10.3. The molecule has 0 atom stereocenters. The SMILES string of the molecule is Nc1ccccc1OCC(=O)NCCOCC(F)(F)F. The molecular weight excluding hydrogens is 277 g/mol. The Morgan fingerprint density at radius 2 is 2.00 bits per heavy atom. The van der Waals surface area contributed by atoms with Crippen molar-refractivity contribution in [2.24, 2.45) is 0 Å². The highest BCUT2D eigenvalue weighted by atomic mass is 19.4. The first-order valence-electron chi connectivity index (χ1n) is 5.77. The molecule has 1 rings (SSSR count). The fourth-order valence-corrected chi connectivity index (χ4v) is 1.26. The summed E-state index contributed by atoms with van der Waals surface area (Å²) < 4.78 is 44.7. The third-order valence-corrected chi connectivity index (χ3v) is 2.11. The second-order valence-electron chi connectivity index (χ2n) is 3.84. The minimum atomic E-state index is -4.36. The summed E-state index contributed by atoms with van der Waals surface area (Å²) in [5.74, 6) is -0.0974. The van der Waals surface area contributed by atoms with Crippen LogP contribution in [0.15, 0.2) is 24.3 Å². The lowest BCUT2D eigenvalue weighted by Gasteiger charge is -2.10. The number of alkyl halides is 3. The van der Waals surface area contributed by atoms with Crippen molar-refractivity contribution in [2.45, 2.75) is 6.18 Å². The highest BCUT2D eigenvalue weighted by Crippen LogP contribution is 2.19. The van der Waals surface area contributed by atoms with Gasteiger partial charge in [0.2, 0.25) is 0 Å². The minimum absolute atomic E-state index is 0.0253. The quantitative estimate of drug-likeness (QED) is 0.587. The molecule has 0 heterocycles. The molecule has 1 amide bonds. The minimum Gasteiger partial charge on any atom is -0.482 e. The number of benzene rings is 1. The summed E-state index contributed by atoms with van der Waals surface area (Å²) in [6.07, 6.45) is -4.36. The Morgan fingerprint density at radius 3 is 2.65 bits per heavy atom. The van der Waals surface area contributed by atoms with Crippen molar-refractivity contribution < 1.29 is 27.4 Å². The molecule has 1 aromatic rings. The summed E-state index contributed by atoms with van der Waals surface area (Å²) >= 11 is 0. The summed E-state index contributed by atoms with van der Waals surface area (Å²) in [5.41, 5.74) is 6.00. The van der Waals surface area contributed by atoms with Crippen LogP contribution in [0.5, 0.6) is 5.75 Å². The highest BCUT2D eigenvalue weighted by Gasteiger charge is 2.27. The van der Waals surface area contributed by atoms with E-state index in [1.54, 1.807) is 24.3 Å². The number of anilines is 1. The lowest BCUT2D eigenvalue weighted by Crippen LogP contribution is -2.32. The summed E-state index contributed by atoms with van der Waals surface area (Å²) in [6.45, 7) is -1.85. The molecule has 0 aliphatic carbocycles. The van der Waals surface area contributed by atoms with Crippen molar-refractivity contribution >= 4 is 11.6 Å². The maximum Gasteiger partial charge on any atom is 0.411 e. The van der Waals surface area contributed by atoms with E-state index in [4.69, 9.17) is 10.5 Å². The third kappa shape index (κ3) is 6.83. The van der Waals surface area contributed by atoms with E-state index in [9.17, 15) is 18.0 Å². The van der Waals surface area contributed by atoms with Crippen LogP contribution in [-0.4, -0.2) is 38.4 Å². The van der Waals surface area contributed by atoms with Gasteiger partial charge >= 0.3 is 6.18 Å². The number of nitrogens with two attached hydrogens (primary N) is 1. The average Bonchev–Trinajstić information content (AvgIpc) is 2.36. The molecule has 3 N–H and O–H groups in total. The summed E-state index contributed by atoms with van der Waals surface area (Å²) in [5, 5.41) is 2.36. The fourth-order valence-electron chi connectivity index (χ4n) is 1.26. The Bertz CT molecular complexity index is 438. The number of halogens is 3. The third-order valence-electron chi connectivity index (χ3n) is 2.11. The van der Waals surface area contributed by atoms with Gasteiger partial charge in [0.1, 0.15) is 12.4 Å². The van der Waals surface area contributed by atoms with E-state index in [1.807, 2.05) is 0 Å². The molecule has 112 valence electrons. The molecule has 1 aromatic carbocycles. The fraction of sp³-hybridized carbons (Fsp3) is 0.417. The number of hydrogen-bond acceptors (Lipinski definition) is 4. The summed E-state index contributed by atoms with van der Waals surface area (Å²) in [6, 6.07) is 6.65. The van der Waals surface area contributed by atoms with Gasteiger partial charge in [0, 0.05) is 6.54 Å². The van der Waals surface area contributed by atoms with E-state index in [2.05, 4.69) is 10.1 Å². The van der Waals surface area contributed by atoms with E-state index in [-0.39, 0.29) is 19.8 Å². The lowest BCUT2D eigenvalue weighted by molar-refractivity contribution is -0.173. The van der Waals surface area contributed by atoms with Crippen LogP contribution >= 0.6 is 0 Å². The van der Waals surface area contributed by atoms with Crippen molar-refractivity contribution in [3.63, 3.8) is 0 Å². The predicted octanol–water partition coefficient (Wildman–Crippen LogP) is 1.34. The summed E-state index contributed by atoms with van der Waals surface area (Å²) in [7, 11) is 0. The van der Waals surface area contributed by atoms with Gasteiger partial charge in [-0.05, 0) is 12.1 Å². The van der Waals surface area contributed by atoms with E-state index >= 15 is 0 Å². The molecule has 5 nitrogen and oxygen atoms in total. The van der Waals surface area contributed by atoms with Crippen molar-refractivity contribution in [1.29, 1.82) is 0 Å². The molecule has 0 spiro atoms. The standard InChI is InChI=1S/C12H15F3N2O3/c13-12(14,15)8-19-6-5-17-11(18)7-20-10-4-2-1-3-9(10)16/h1-4H,5-8,16H2,(H,17,18). The van der Waals surface area contributed by atoms with Crippen LogP contribution in [0.4, 0.5) is 18.9 Å². The first kappa shape index (κ1) is 16.1. The number of para-hydroxylation sites is 2. The largest absolute Gasteiger partial charge is 0.482 e. The zero-order chi connectivity index (χ0) is 15.0. The molecule has 0 unspecified atom stereocenters. The zero-order valence-corrected chi connectivity index (χ0v) is 10.6. The average molecular weight is 292 g/mol. The van der Waals surface area contributed by atoms with Gasteiger partial charge in [-0.1, -0.05) is 12.1 Å². The Labute approximate surface area is 113 Å². The Hall–Kier alpha value is -1.96. The first-order chi connectivity index (χ1) is 9.38. The van der Waals surface area contributed by atoms with Crippen LogP contribution in [0.1, 0.15) is 0 Å². The topological polar surface area (TPSA) is 73.6 Å². The number of carbonyl (C=O) groups excluding carboxylic acids is 1. The Kier molecular flexibility index (Phi) is 6.10. The van der Waals surface area contributed by atoms with E-state index in [0.717, 1.165) is 0 Å². The number of nitrogens with one attached hydrogen (secondary N) is 1. The molecule has 0 aliphatic heterocycles. The molecular formula is C12H15F3N2O3. The van der Waals surface area contributed by atoms with Crippen LogP contribution in [0, 0.1) is 0 Å². The highest BCUT2D eigenvalue weighted by molar-refractivity contribution is 5.77. The molecule has 0 saturated carbocycles. The van der Waals surface area contributed by atoms with Gasteiger partial charge in [-0.3, -0.25) is 4.79 Å². The molecule has 0 aliphatic rings. The number of amides is 1. The number of hydrogen-bond donors (Lipinski definition) is 2. The second-order valence-corrected chi connectivity index (χ2v) is 3.84. The van der Waals surface area contributed by atoms with Gasteiger partial charge < -0.3 is 20.5 Å². The van der Waals surface area contributed by atoms with Crippen molar-refractivity contribution in [3.05, 3.63) is 24.3 Å². The molecule has 0 radical (unpaired) electrons. The predicted molar refractivity (Wildman–Crippen MR) is 66.2 cm³/mol. The zero-order valence-electron chi connectivity index (χ0n) is 10.6. The van der Waals surface area contributed by atoms with Gasteiger partial charge in [0.15, 0.2) is 6.61 Å². The van der Waals surface area contributed by atoms with Gasteiger partial charge in [0.25, 0.3) is 5.91 Å². The number of rotatable bonds is 7. The first-order valence-corrected chi connectivity index (χ1v) is 5.77. The molecule has 8 heteroatoms. The van der Waals surface area contributed by atoms with E-state index < -0.39 is 18.7 Å². The van der Waals surface area contributed by atoms with Crippen LogP contribution in [-0.2, 0) is 9.53 Å². The van der Waals surface area contributed by atoms with Crippen LogP contribution in [0.3, 0.4) is 0 Å². The van der Waals surface area contributed by atoms with Crippen molar-refractivity contribution in [2.75, 3.05) is 32.1 Å². The molecule has 0 bridgehead atoms. The molecule has 0 saturated heterocycles. The Balaban J connectivity index is 2.14. The smallest absolute Gasteiger partial charge is 0.411 e. The normalized spacial score (nSPS) is 11.2. The van der Waals surface area contributed by atoms with E-state index in [0.29, 0.717) is 11.4 Å². The van der Waals surface area contributed by atoms with Gasteiger partial charge in [0.05, 0.1) is 12.3 Å². The summed E-state index contributed by atoms with van der Waals surface area (Å²) in [4.78, 5) is 11.3. The molecule has 20 heavy (non-hydrogen) atoms. The molecule has 0 fully saturated rings. The maximum atomic E-state index is 11.7. The second kappa shape index (κ2) is 7.59. The number of nitrogen functional groups attached to an aromatic ring is 1. The Morgan fingerprint density at radius 1 is 1.30 bits per heavy atom. The van der Waals surface area contributed by atoms with E-state index in [1.165, 1.54) is 0 Å². The number of ether oxygens (including phenoxy) is 2. The van der Waals surface area contributed by atoms with Gasteiger partial charge in [-0.25, -0.2) is 0 Å². The monoisotopic (exact) mass is 292 g/mol. The van der Waals surface area contributed by atoms with Crippen molar-refractivity contribution in [3.8, 4) is 5.75 Å². The van der Waals surface area contributed by atoms with Crippen molar-refractivity contribution in [1.82, 2.24) is 5.32 Å². The molecule has 0 aromatic heterocycles. The van der Waals surface area contributed by atoms with Crippen LogP contribution in [0.25, 0.3) is 0 Å². The van der Waals surface area contributed by atoms with Crippen LogP contribution in [0.2, 0.25) is 0 Å².